The second kappa shape index (κ2) is 6.68. The minimum absolute atomic E-state index is 0.166. The molecule has 0 aliphatic heterocycles. The van der Waals surface area contributed by atoms with E-state index in [1.165, 1.54) is 11.3 Å². The highest BCUT2D eigenvalue weighted by atomic mass is 35.5. The predicted molar refractivity (Wildman–Crippen MR) is 85.4 cm³/mol. The number of halogens is 1. The molecule has 0 N–H and O–H groups in total. The Morgan fingerprint density at radius 3 is 2.80 bits per heavy atom. The standard InChI is InChI=1S/C15H15ClN2OS/c1-3-9-18(14(19)11(2)16)15-17-13(10-20-15)12-7-5-4-6-8-12/h3-8,10-11H,1,9H2,2H3. The largest absolute Gasteiger partial charge is 0.283 e. The smallest absolute Gasteiger partial charge is 0.246 e. The average molecular weight is 307 g/mol. The average Bonchev–Trinajstić information content (AvgIpc) is 2.94. The molecule has 1 unspecified atom stereocenters. The van der Waals surface area contributed by atoms with Crippen molar-refractivity contribution in [2.45, 2.75) is 12.3 Å². The van der Waals surface area contributed by atoms with Gasteiger partial charge in [-0.05, 0) is 6.92 Å². The van der Waals surface area contributed by atoms with E-state index in [9.17, 15) is 4.79 Å². The third kappa shape index (κ3) is 3.26. The molecule has 1 amide bonds. The molecule has 0 spiro atoms. The highest BCUT2D eigenvalue weighted by Crippen LogP contribution is 2.28. The van der Waals surface area contributed by atoms with Crippen LogP contribution in [0.4, 0.5) is 5.13 Å². The van der Waals surface area contributed by atoms with Crippen LogP contribution in [0.5, 0.6) is 0 Å². The summed E-state index contributed by atoms with van der Waals surface area (Å²) in [5.74, 6) is -0.166. The van der Waals surface area contributed by atoms with Crippen LogP contribution >= 0.6 is 22.9 Å². The first-order chi connectivity index (χ1) is 9.63. The molecule has 0 bridgehead atoms. The molecule has 0 saturated carbocycles. The predicted octanol–water partition coefficient (Wildman–Crippen LogP) is 3.96. The number of alkyl halides is 1. The van der Waals surface area contributed by atoms with E-state index >= 15 is 0 Å². The number of benzene rings is 1. The second-order valence-corrected chi connectivity index (χ2v) is 5.73. The Bertz CT molecular complexity index is 595. The van der Waals surface area contributed by atoms with E-state index in [1.54, 1.807) is 17.9 Å². The van der Waals surface area contributed by atoms with Crippen molar-refractivity contribution in [3.05, 3.63) is 48.4 Å². The highest BCUT2D eigenvalue weighted by Gasteiger charge is 2.22. The minimum atomic E-state index is -0.584. The van der Waals surface area contributed by atoms with Crippen molar-refractivity contribution in [2.24, 2.45) is 0 Å². The summed E-state index contributed by atoms with van der Waals surface area (Å²) < 4.78 is 0. The first kappa shape index (κ1) is 14.8. The van der Waals surface area contributed by atoms with Crippen LogP contribution in [-0.2, 0) is 4.79 Å². The maximum atomic E-state index is 12.1. The van der Waals surface area contributed by atoms with Crippen molar-refractivity contribution < 1.29 is 4.79 Å². The lowest BCUT2D eigenvalue weighted by Gasteiger charge is -2.19. The van der Waals surface area contributed by atoms with E-state index in [4.69, 9.17) is 11.6 Å². The van der Waals surface area contributed by atoms with Gasteiger partial charge in [0.05, 0.1) is 5.69 Å². The number of carbonyl (C=O) groups is 1. The van der Waals surface area contributed by atoms with E-state index < -0.39 is 5.38 Å². The van der Waals surface area contributed by atoms with Crippen molar-refractivity contribution in [1.29, 1.82) is 0 Å². The van der Waals surface area contributed by atoms with Gasteiger partial charge in [-0.25, -0.2) is 4.98 Å². The maximum Gasteiger partial charge on any atom is 0.246 e. The molecular formula is C15H15ClN2OS. The van der Waals surface area contributed by atoms with Crippen LogP contribution in [-0.4, -0.2) is 22.8 Å². The number of hydrogen-bond acceptors (Lipinski definition) is 3. The zero-order valence-corrected chi connectivity index (χ0v) is 12.7. The number of anilines is 1. The summed E-state index contributed by atoms with van der Waals surface area (Å²) >= 11 is 7.31. The Morgan fingerprint density at radius 1 is 1.50 bits per heavy atom. The van der Waals surface area contributed by atoms with Crippen molar-refractivity contribution in [1.82, 2.24) is 4.98 Å². The summed E-state index contributed by atoms with van der Waals surface area (Å²) in [6, 6.07) is 9.86. The Morgan fingerprint density at radius 2 is 2.20 bits per heavy atom. The summed E-state index contributed by atoms with van der Waals surface area (Å²) in [4.78, 5) is 18.2. The van der Waals surface area contributed by atoms with Crippen LogP contribution in [0.1, 0.15) is 6.92 Å². The van der Waals surface area contributed by atoms with E-state index in [0.29, 0.717) is 11.7 Å². The van der Waals surface area contributed by atoms with Crippen molar-refractivity contribution >= 4 is 34.0 Å². The molecule has 2 rings (SSSR count). The Labute approximate surface area is 127 Å². The number of thiazole rings is 1. The lowest BCUT2D eigenvalue weighted by atomic mass is 10.2. The van der Waals surface area contributed by atoms with Gasteiger partial charge < -0.3 is 0 Å². The van der Waals surface area contributed by atoms with E-state index in [0.717, 1.165) is 11.3 Å². The molecule has 0 aliphatic carbocycles. The third-order valence-electron chi connectivity index (χ3n) is 2.71. The summed E-state index contributed by atoms with van der Waals surface area (Å²) in [6.07, 6.45) is 1.67. The number of nitrogens with zero attached hydrogens (tertiary/aromatic N) is 2. The molecule has 0 saturated heterocycles. The van der Waals surface area contributed by atoms with Crippen molar-refractivity contribution in [3.8, 4) is 11.3 Å². The fourth-order valence-corrected chi connectivity index (χ4v) is 2.70. The zero-order chi connectivity index (χ0) is 14.5. The van der Waals surface area contributed by atoms with Gasteiger partial charge in [0.1, 0.15) is 5.38 Å². The molecule has 0 aliphatic rings. The Balaban J connectivity index is 2.30. The third-order valence-corrected chi connectivity index (χ3v) is 3.76. The van der Waals surface area contributed by atoms with Gasteiger partial charge in [0, 0.05) is 17.5 Å². The fraction of sp³-hybridized carbons (Fsp3) is 0.200. The normalized spacial score (nSPS) is 11.9. The van der Waals surface area contributed by atoms with Crippen LogP contribution in [0, 0.1) is 0 Å². The molecule has 5 heteroatoms. The number of carbonyl (C=O) groups excluding carboxylic acids is 1. The summed E-state index contributed by atoms with van der Waals surface area (Å²) in [5.41, 5.74) is 1.88. The van der Waals surface area contributed by atoms with Gasteiger partial charge in [0.2, 0.25) is 5.91 Å². The molecule has 0 fully saturated rings. The monoisotopic (exact) mass is 306 g/mol. The quantitative estimate of drug-likeness (QED) is 0.619. The van der Waals surface area contributed by atoms with E-state index in [1.807, 2.05) is 35.7 Å². The number of amides is 1. The van der Waals surface area contributed by atoms with Crippen LogP contribution in [0.15, 0.2) is 48.4 Å². The van der Waals surface area contributed by atoms with Gasteiger partial charge in [0.15, 0.2) is 5.13 Å². The van der Waals surface area contributed by atoms with Crippen molar-refractivity contribution in [2.75, 3.05) is 11.4 Å². The molecule has 1 aromatic carbocycles. The molecular weight excluding hydrogens is 292 g/mol. The number of hydrogen-bond donors (Lipinski definition) is 0. The van der Waals surface area contributed by atoms with Crippen LogP contribution < -0.4 is 4.90 Å². The van der Waals surface area contributed by atoms with E-state index in [-0.39, 0.29) is 5.91 Å². The van der Waals surface area contributed by atoms with Crippen LogP contribution in [0.2, 0.25) is 0 Å². The zero-order valence-electron chi connectivity index (χ0n) is 11.1. The van der Waals surface area contributed by atoms with Gasteiger partial charge in [-0.1, -0.05) is 36.4 Å². The lowest BCUT2D eigenvalue weighted by molar-refractivity contribution is -0.117. The molecule has 20 heavy (non-hydrogen) atoms. The first-order valence-corrected chi connectivity index (χ1v) is 7.52. The van der Waals surface area contributed by atoms with E-state index in [2.05, 4.69) is 11.6 Å². The summed E-state index contributed by atoms with van der Waals surface area (Å²) in [5, 5.41) is 1.99. The maximum absolute atomic E-state index is 12.1. The molecule has 1 aromatic heterocycles. The molecule has 1 heterocycles. The molecule has 3 nitrogen and oxygen atoms in total. The van der Waals surface area contributed by atoms with Crippen LogP contribution in [0.25, 0.3) is 11.3 Å². The topological polar surface area (TPSA) is 33.2 Å². The van der Waals surface area contributed by atoms with Gasteiger partial charge in [-0.15, -0.1) is 29.5 Å². The Kier molecular flexibility index (Phi) is 4.93. The van der Waals surface area contributed by atoms with Gasteiger partial charge in [0.25, 0.3) is 0 Å². The van der Waals surface area contributed by atoms with Crippen molar-refractivity contribution in [3.63, 3.8) is 0 Å². The van der Waals surface area contributed by atoms with Crippen LogP contribution in [0.3, 0.4) is 0 Å². The summed E-state index contributed by atoms with van der Waals surface area (Å²) in [7, 11) is 0. The summed E-state index contributed by atoms with van der Waals surface area (Å²) in [6.45, 7) is 5.73. The second-order valence-electron chi connectivity index (χ2n) is 4.23. The fourth-order valence-electron chi connectivity index (χ4n) is 1.74. The number of aromatic nitrogens is 1. The van der Waals surface area contributed by atoms with Gasteiger partial charge >= 0.3 is 0 Å². The molecule has 0 radical (unpaired) electrons. The minimum Gasteiger partial charge on any atom is -0.283 e. The highest BCUT2D eigenvalue weighted by molar-refractivity contribution is 7.14. The Hall–Kier alpha value is -1.65. The SMILES string of the molecule is C=CCN(C(=O)C(C)Cl)c1nc(-c2ccccc2)cs1. The first-order valence-electron chi connectivity index (χ1n) is 6.20. The van der Waals surface area contributed by atoms with Gasteiger partial charge in [-0.3, -0.25) is 9.69 Å². The molecule has 2 aromatic rings. The lowest BCUT2D eigenvalue weighted by Crippen LogP contribution is -2.35. The molecule has 1 atom stereocenters. The molecule has 104 valence electrons. The number of rotatable bonds is 5. The van der Waals surface area contributed by atoms with Gasteiger partial charge in [-0.2, -0.15) is 0 Å².